The summed E-state index contributed by atoms with van der Waals surface area (Å²) in [6, 6.07) is -12.3. The van der Waals surface area contributed by atoms with E-state index in [4.69, 9.17) is 0 Å². The summed E-state index contributed by atoms with van der Waals surface area (Å²) in [5, 5.41) is 26.3. The van der Waals surface area contributed by atoms with Crippen molar-refractivity contribution in [3.63, 3.8) is 0 Å². The fourth-order valence-corrected chi connectivity index (χ4v) is 12.0. The van der Waals surface area contributed by atoms with E-state index in [9.17, 15) is 48.3 Å². The molecule has 0 saturated carbocycles. The quantitative estimate of drug-likeness (QED) is 0.128. The van der Waals surface area contributed by atoms with Crippen LogP contribution >= 0.6 is 11.8 Å². The predicted octanol–water partition coefficient (Wildman–Crippen LogP) is 3.59. The first-order valence-corrected chi connectivity index (χ1v) is 34.0. The van der Waals surface area contributed by atoms with Gasteiger partial charge in [0, 0.05) is 73.9 Å². The second-order valence-corrected chi connectivity index (χ2v) is 28.7. The first-order valence-electron chi connectivity index (χ1n) is 32.8. The van der Waals surface area contributed by atoms with Gasteiger partial charge in [-0.1, -0.05) is 109 Å². The van der Waals surface area contributed by atoms with Gasteiger partial charge in [0.15, 0.2) is 0 Å². The van der Waals surface area contributed by atoms with Crippen molar-refractivity contribution in [3.8, 4) is 0 Å². The van der Waals surface area contributed by atoms with Crippen LogP contribution in [0.15, 0.2) is 12.2 Å². The van der Waals surface area contributed by atoms with Crippen LogP contribution in [0.3, 0.4) is 0 Å². The maximum Gasteiger partial charge on any atom is 0.246 e. The van der Waals surface area contributed by atoms with Crippen molar-refractivity contribution in [3.05, 3.63) is 12.2 Å². The monoisotopic (exact) mass is 1300 g/mol. The van der Waals surface area contributed by atoms with Crippen molar-refractivity contribution in [2.45, 2.75) is 223 Å². The Morgan fingerprint density at radius 2 is 0.912 bits per heavy atom. The second kappa shape index (κ2) is 39.7. The van der Waals surface area contributed by atoms with Crippen LogP contribution in [0.5, 0.6) is 0 Å². The van der Waals surface area contributed by atoms with Gasteiger partial charge >= 0.3 is 0 Å². The van der Waals surface area contributed by atoms with Gasteiger partial charge in [-0.15, -0.1) is 0 Å². The van der Waals surface area contributed by atoms with E-state index in [-0.39, 0.29) is 55.8 Å². The van der Waals surface area contributed by atoms with Crippen LogP contribution in [0.2, 0.25) is 0 Å². The Hall–Kier alpha value is -5.82. The molecule has 0 radical (unpaired) electrons. The van der Waals surface area contributed by atoms with Gasteiger partial charge in [-0.2, -0.15) is 11.8 Å². The summed E-state index contributed by atoms with van der Waals surface area (Å²) < 4.78 is 0. The third-order valence-electron chi connectivity index (χ3n) is 16.9. The molecule has 0 aliphatic carbocycles. The largest absolute Gasteiger partial charge is 0.390 e. The van der Waals surface area contributed by atoms with Gasteiger partial charge in [0.25, 0.3) is 0 Å². The van der Waals surface area contributed by atoms with E-state index in [0.29, 0.717) is 6.42 Å². The topological polar surface area (TPSA) is 291 Å². The number of amides is 11. The number of nitrogens with zero attached hydrogens (tertiary/aromatic N) is 7. The van der Waals surface area contributed by atoms with Crippen molar-refractivity contribution in [1.82, 2.24) is 60.9 Å². The minimum atomic E-state index is -1.61. The summed E-state index contributed by atoms with van der Waals surface area (Å²) in [6.45, 7) is 31.8. The SMILES string of the molecule is C/C=C/C[C@@H](C)[C@@H](O)[C@H]1C(=O)N[C@@H](CC)C(=O)N(C)CC(=O)N(C)[C@@H](CC(C)C)C(=O)N[C@@H](C(C)C)C(=O)N(C)[C@@H](CC(C)C)C(=O)N[C@@H](C)C(=O)N[C@H](C)C(=O)N(C)[C@@H](CC(C)C)C(=O)N(C)[C@@H](CC(C)C)C(=O)N(C)[C@@H](C(C)C)C(=O)N1C.C1CSCCN1. The number of thioether (sulfide) groups is 1. The van der Waals surface area contributed by atoms with Gasteiger partial charge in [-0.25, -0.2) is 0 Å². The number of nitrogens with one attached hydrogen (secondary N) is 5. The number of hydrogen-bond acceptors (Lipinski definition) is 14. The number of aliphatic hydroxyl groups excluding tert-OH is 1. The van der Waals surface area contributed by atoms with Gasteiger partial charge in [0.2, 0.25) is 65.0 Å². The summed E-state index contributed by atoms with van der Waals surface area (Å²) in [5.74, 6) is -7.10. The van der Waals surface area contributed by atoms with E-state index >= 15 is 9.59 Å². The minimum Gasteiger partial charge on any atom is -0.390 e. The van der Waals surface area contributed by atoms with E-state index in [1.807, 2.05) is 73.2 Å². The predicted molar refractivity (Wildman–Crippen MR) is 359 cm³/mol. The van der Waals surface area contributed by atoms with Gasteiger partial charge in [0.05, 0.1) is 12.6 Å². The van der Waals surface area contributed by atoms with Crippen LogP contribution in [0.25, 0.3) is 0 Å². The van der Waals surface area contributed by atoms with Crippen molar-refractivity contribution in [2.24, 2.45) is 41.4 Å². The molecule has 91 heavy (non-hydrogen) atoms. The van der Waals surface area contributed by atoms with Crippen LogP contribution in [-0.2, 0) is 52.7 Å². The molecule has 6 N–H and O–H groups in total. The molecule has 2 aliphatic heterocycles. The lowest BCUT2D eigenvalue weighted by Gasteiger charge is -2.41. The number of carbonyl (C=O) groups is 11. The zero-order chi connectivity index (χ0) is 70.2. The van der Waals surface area contributed by atoms with Crippen LogP contribution in [0.4, 0.5) is 0 Å². The van der Waals surface area contributed by atoms with Gasteiger partial charge in [-0.3, -0.25) is 52.7 Å². The molecule has 2 saturated heterocycles. The average Bonchev–Trinajstić information content (AvgIpc) is 0.995. The molecule has 25 heteroatoms. The first kappa shape index (κ1) is 83.2. The van der Waals surface area contributed by atoms with E-state index < -0.39 is 156 Å². The lowest BCUT2D eigenvalue weighted by atomic mass is 9.91. The standard InChI is InChI=1S/C62H111N11O12.C4H9NS/c1-25-27-28-40(15)52(75)51-56(79)65-43(26-2)58(81)67(18)33-48(74)68(19)44(29-34(3)4)55(78)66-49(38(11)12)61(84)69(20)45(30-35(5)6)54(77)63-41(16)53(76)64-42(17)57(80)70(21)46(31-36(7)8)59(82)71(22)47(32-37(9)10)60(83)72(23)50(39(13)14)62(85)73(51)24;1-3-6-4-2-5-1/h25,27,34-47,49-52,75H,26,28-33H2,1-24H3,(H,63,77)(H,64,76)(H,65,79)(H,66,78);5H,1-4H2/b27-25+;/t40-,41+,42-,43+,44+,45+,46+,47+,49+,50+,51+,52-;/m1./s1. The zero-order valence-corrected chi connectivity index (χ0v) is 60.6. The number of allylic oxidation sites excluding steroid dienone is 2. The molecule has 2 aliphatic rings. The normalized spacial score (nSPS) is 26.7. The molecule has 0 aromatic rings. The second-order valence-electron chi connectivity index (χ2n) is 27.5. The summed E-state index contributed by atoms with van der Waals surface area (Å²) in [5.41, 5.74) is 0. The van der Waals surface area contributed by atoms with Crippen molar-refractivity contribution >= 4 is 76.7 Å². The average molecular weight is 1310 g/mol. The maximum atomic E-state index is 15.1. The van der Waals surface area contributed by atoms with E-state index in [2.05, 4.69) is 26.6 Å². The summed E-state index contributed by atoms with van der Waals surface area (Å²) >= 11 is 2.03. The molecule has 0 bridgehead atoms. The highest BCUT2D eigenvalue weighted by Gasteiger charge is 2.46. The van der Waals surface area contributed by atoms with Crippen molar-refractivity contribution < 1.29 is 57.8 Å². The molecule has 0 unspecified atom stereocenters. The molecule has 2 rings (SSSR count). The highest BCUT2D eigenvalue weighted by Crippen LogP contribution is 2.26. The van der Waals surface area contributed by atoms with E-state index in [0.717, 1.165) is 9.80 Å². The number of likely N-dealkylation sites (N-methyl/N-ethyl adjacent to an activating group) is 7. The third kappa shape index (κ3) is 25.2. The molecule has 2 fully saturated rings. The molecule has 11 amide bonds. The third-order valence-corrected chi connectivity index (χ3v) is 17.9. The molecule has 0 aromatic heterocycles. The molecular formula is C66H120N12O12S. The Kier molecular flexibility index (Phi) is 36.3. The Bertz CT molecular complexity index is 2430. The van der Waals surface area contributed by atoms with Crippen LogP contribution in [0, 0.1) is 41.4 Å². The van der Waals surface area contributed by atoms with Gasteiger partial charge < -0.3 is 66.0 Å². The minimum absolute atomic E-state index is 0.0229. The zero-order valence-electron chi connectivity index (χ0n) is 59.8. The smallest absolute Gasteiger partial charge is 0.246 e. The molecule has 2 heterocycles. The van der Waals surface area contributed by atoms with Gasteiger partial charge in [0.1, 0.15) is 60.4 Å². The molecule has 0 aromatic carbocycles. The first-order chi connectivity index (χ1) is 42.2. The van der Waals surface area contributed by atoms with Crippen LogP contribution in [0.1, 0.15) is 156 Å². The van der Waals surface area contributed by atoms with Gasteiger partial charge in [-0.05, 0) is 101 Å². The molecule has 12 atom stereocenters. The Labute approximate surface area is 550 Å². The number of rotatable bonds is 15. The lowest BCUT2D eigenvalue weighted by molar-refractivity contribution is -0.157. The maximum absolute atomic E-state index is 15.1. The van der Waals surface area contributed by atoms with Crippen LogP contribution < -0.4 is 26.6 Å². The molecule has 522 valence electrons. The number of aliphatic hydroxyl groups is 1. The highest BCUT2D eigenvalue weighted by molar-refractivity contribution is 7.99. The fourth-order valence-electron chi connectivity index (χ4n) is 11.2. The number of hydrogen-bond donors (Lipinski definition) is 6. The molecule has 0 spiro atoms. The summed E-state index contributed by atoms with van der Waals surface area (Å²) in [4.78, 5) is 169. The Morgan fingerprint density at radius 3 is 1.34 bits per heavy atom. The highest BCUT2D eigenvalue weighted by atomic mass is 32.2. The summed E-state index contributed by atoms with van der Waals surface area (Å²) in [7, 11) is 9.92. The molecular weight excluding hydrogens is 1180 g/mol. The Balaban J connectivity index is 0.00000648. The molecule has 24 nitrogen and oxygen atoms in total. The lowest BCUT2D eigenvalue weighted by Crippen LogP contribution is -2.63. The summed E-state index contributed by atoms with van der Waals surface area (Å²) in [6.07, 6.45) is 3.04. The number of carbonyl (C=O) groups excluding carboxylic acids is 11. The van der Waals surface area contributed by atoms with Crippen molar-refractivity contribution in [2.75, 3.05) is 80.5 Å². The van der Waals surface area contributed by atoms with Crippen LogP contribution in [-0.4, -0.2) is 251 Å². The fraction of sp³-hybridized carbons (Fsp3) is 0.803. The van der Waals surface area contributed by atoms with E-state index in [1.54, 1.807) is 54.5 Å². The Morgan fingerprint density at radius 1 is 0.484 bits per heavy atom. The van der Waals surface area contributed by atoms with Crippen molar-refractivity contribution in [1.29, 1.82) is 0 Å². The van der Waals surface area contributed by atoms with E-state index in [1.165, 1.54) is 112 Å².